The number of rotatable bonds is 4. The molecule has 0 spiro atoms. The highest BCUT2D eigenvalue weighted by Crippen LogP contribution is 2.23. The summed E-state index contributed by atoms with van der Waals surface area (Å²) in [5, 5.41) is 1.06. The molecular weight excluding hydrogens is 289 g/mol. The Kier molecular flexibility index (Phi) is 4.19. The van der Waals surface area contributed by atoms with Crippen molar-refractivity contribution in [2.24, 2.45) is 0 Å². The van der Waals surface area contributed by atoms with E-state index >= 15 is 0 Å². The van der Waals surface area contributed by atoms with Crippen molar-refractivity contribution in [2.75, 3.05) is 5.73 Å². The number of aromatic nitrogens is 2. The van der Waals surface area contributed by atoms with Crippen LogP contribution >= 0.6 is 23.2 Å². The lowest BCUT2D eigenvalue weighted by Crippen LogP contribution is -2.05. The van der Waals surface area contributed by atoms with Crippen molar-refractivity contribution in [3.63, 3.8) is 0 Å². The molecule has 5 nitrogen and oxygen atoms in total. The first kappa shape index (κ1) is 13.6. The summed E-state index contributed by atoms with van der Waals surface area (Å²) in [6.07, 6.45) is 1.77. The van der Waals surface area contributed by atoms with Gasteiger partial charge >= 0.3 is 0 Å². The minimum atomic E-state index is 0.0668. The number of benzene rings is 1. The molecule has 0 aliphatic rings. The number of halogens is 2. The fourth-order valence-electron chi connectivity index (χ4n) is 1.42. The second-order valence-corrected chi connectivity index (χ2v) is 4.46. The van der Waals surface area contributed by atoms with E-state index in [-0.39, 0.29) is 23.9 Å². The van der Waals surface area contributed by atoms with Gasteiger partial charge < -0.3 is 10.5 Å². The Labute approximate surface area is 119 Å². The van der Waals surface area contributed by atoms with E-state index in [2.05, 4.69) is 9.97 Å². The van der Waals surface area contributed by atoms with Gasteiger partial charge in [-0.1, -0.05) is 23.2 Å². The second-order valence-electron chi connectivity index (χ2n) is 3.62. The SMILES string of the molecule is Nc1ncnc(OCc2cc(Cl)ccc2Cl)c1C=O. The Bertz CT molecular complexity index is 620. The van der Waals surface area contributed by atoms with Crippen molar-refractivity contribution < 1.29 is 9.53 Å². The molecule has 2 N–H and O–H groups in total. The molecule has 1 heterocycles. The summed E-state index contributed by atoms with van der Waals surface area (Å²) in [6, 6.07) is 5.01. The van der Waals surface area contributed by atoms with Crippen LogP contribution in [0.15, 0.2) is 24.5 Å². The molecule has 19 heavy (non-hydrogen) atoms. The molecule has 0 bridgehead atoms. The van der Waals surface area contributed by atoms with Crippen LogP contribution in [0, 0.1) is 0 Å². The van der Waals surface area contributed by atoms with E-state index in [0.29, 0.717) is 21.9 Å². The third-order valence-electron chi connectivity index (χ3n) is 2.37. The van der Waals surface area contributed by atoms with Gasteiger partial charge in [-0.25, -0.2) is 9.97 Å². The van der Waals surface area contributed by atoms with E-state index in [0.717, 1.165) is 0 Å². The van der Waals surface area contributed by atoms with Crippen LogP contribution in [0.2, 0.25) is 10.0 Å². The average molecular weight is 298 g/mol. The van der Waals surface area contributed by atoms with Gasteiger partial charge in [0.25, 0.3) is 0 Å². The maximum absolute atomic E-state index is 10.9. The lowest BCUT2D eigenvalue weighted by Gasteiger charge is -2.09. The van der Waals surface area contributed by atoms with E-state index in [1.165, 1.54) is 6.33 Å². The van der Waals surface area contributed by atoms with Crippen molar-refractivity contribution in [3.8, 4) is 5.88 Å². The average Bonchev–Trinajstić information content (AvgIpc) is 2.40. The molecule has 0 amide bonds. The molecule has 0 radical (unpaired) electrons. The van der Waals surface area contributed by atoms with Crippen LogP contribution in [-0.4, -0.2) is 16.3 Å². The summed E-state index contributed by atoms with van der Waals surface area (Å²) < 4.78 is 5.43. The van der Waals surface area contributed by atoms with Crippen LogP contribution in [0.3, 0.4) is 0 Å². The van der Waals surface area contributed by atoms with Gasteiger partial charge in [0.2, 0.25) is 5.88 Å². The van der Waals surface area contributed by atoms with Gasteiger partial charge in [-0.15, -0.1) is 0 Å². The number of aldehydes is 1. The third kappa shape index (κ3) is 3.13. The molecule has 0 fully saturated rings. The highest BCUT2D eigenvalue weighted by atomic mass is 35.5. The minimum absolute atomic E-state index is 0.0668. The first-order valence-corrected chi connectivity index (χ1v) is 5.99. The topological polar surface area (TPSA) is 78.1 Å². The van der Waals surface area contributed by atoms with Gasteiger partial charge in [-0.05, 0) is 18.2 Å². The molecule has 0 atom stereocenters. The molecule has 1 aromatic carbocycles. The van der Waals surface area contributed by atoms with Crippen LogP contribution in [0.4, 0.5) is 5.82 Å². The quantitative estimate of drug-likeness (QED) is 0.878. The molecule has 2 rings (SSSR count). The van der Waals surface area contributed by atoms with Gasteiger partial charge in [-0.3, -0.25) is 4.79 Å². The highest BCUT2D eigenvalue weighted by molar-refractivity contribution is 6.33. The summed E-state index contributed by atoms with van der Waals surface area (Å²) in [6.45, 7) is 0.122. The van der Waals surface area contributed by atoms with Gasteiger partial charge in [0.15, 0.2) is 6.29 Å². The molecular formula is C12H9Cl2N3O2. The summed E-state index contributed by atoms with van der Waals surface area (Å²) in [5.74, 6) is 0.177. The predicted octanol–water partition coefficient (Wildman–Crippen LogP) is 2.76. The monoisotopic (exact) mass is 297 g/mol. The normalized spacial score (nSPS) is 10.2. The van der Waals surface area contributed by atoms with Crippen molar-refractivity contribution in [1.29, 1.82) is 0 Å². The molecule has 0 saturated heterocycles. The number of carbonyl (C=O) groups excluding carboxylic acids is 1. The van der Waals surface area contributed by atoms with Gasteiger partial charge in [0.05, 0.1) is 0 Å². The molecule has 1 aromatic heterocycles. The Morgan fingerprint density at radius 1 is 1.32 bits per heavy atom. The van der Waals surface area contributed by atoms with Crippen LogP contribution in [-0.2, 0) is 6.61 Å². The number of nitrogen functional groups attached to an aromatic ring is 1. The van der Waals surface area contributed by atoms with Crippen LogP contribution in [0.5, 0.6) is 5.88 Å². The molecule has 0 aliphatic heterocycles. The summed E-state index contributed by atoms with van der Waals surface area (Å²) in [5.41, 5.74) is 6.34. The maximum atomic E-state index is 10.9. The Morgan fingerprint density at radius 2 is 2.11 bits per heavy atom. The van der Waals surface area contributed by atoms with Gasteiger partial charge in [-0.2, -0.15) is 0 Å². The van der Waals surface area contributed by atoms with E-state index < -0.39 is 0 Å². The zero-order chi connectivity index (χ0) is 13.8. The fourth-order valence-corrected chi connectivity index (χ4v) is 1.78. The molecule has 0 unspecified atom stereocenters. The molecule has 7 heteroatoms. The van der Waals surface area contributed by atoms with Crippen molar-refractivity contribution >= 4 is 35.3 Å². The van der Waals surface area contributed by atoms with Crippen LogP contribution < -0.4 is 10.5 Å². The highest BCUT2D eigenvalue weighted by Gasteiger charge is 2.10. The predicted molar refractivity (Wildman–Crippen MR) is 72.6 cm³/mol. The largest absolute Gasteiger partial charge is 0.472 e. The van der Waals surface area contributed by atoms with E-state index in [1.807, 2.05) is 0 Å². The van der Waals surface area contributed by atoms with Gasteiger partial charge in [0.1, 0.15) is 24.3 Å². The Morgan fingerprint density at radius 3 is 2.84 bits per heavy atom. The maximum Gasteiger partial charge on any atom is 0.229 e. The summed E-state index contributed by atoms with van der Waals surface area (Å²) >= 11 is 11.9. The zero-order valence-electron chi connectivity index (χ0n) is 9.64. The zero-order valence-corrected chi connectivity index (χ0v) is 11.1. The van der Waals surface area contributed by atoms with Crippen molar-refractivity contribution in [1.82, 2.24) is 9.97 Å². The van der Waals surface area contributed by atoms with E-state index in [9.17, 15) is 4.79 Å². The smallest absolute Gasteiger partial charge is 0.229 e. The second kappa shape index (κ2) is 5.86. The number of nitrogens with two attached hydrogens (primary N) is 1. The van der Waals surface area contributed by atoms with E-state index in [1.54, 1.807) is 18.2 Å². The number of hydrogen-bond acceptors (Lipinski definition) is 5. The number of hydrogen-bond donors (Lipinski definition) is 1. The van der Waals surface area contributed by atoms with Crippen LogP contribution in [0.25, 0.3) is 0 Å². The first-order chi connectivity index (χ1) is 9.11. The fraction of sp³-hybridized carbons (Fsp3) is 0.0833. The molecule has 0 aliphatic carbocycles. The lowest BCUT2D eigenvalue weighted by molar-refractivity contribution is 0.111. The Hall–Kier alpha value is -1.85. The number of nitrogens with zero attached hydrogens (tertiary/aromatic N) is 2. The minimum Gasteiger partial charge on any atom is -0.472 e. The number of ether oxygens (including phenoxy) is 1. The molecule has 0 saturated carbocycles. The summed E-state index contributed by atoms with van der Waals surface area (Å²) in [4.78, 5) is 18.5. The first-order valence-electron chi connectivity index (χ1n) is 5.24. The van der Waals surface area contributed by atoms with Gasteiger partial charge in [0, 0.05) is 15.6 Å². The molecule has 2 aromatic rings. The number of carbonyl (C=O) groups is 1. The summed E-state index contributed by atoms with van der Waals surface area (Å²) in [7, 11) is 0. The van der Waals surface area contributed by atoms with E-state index in [4.69, 9.17) is 33.7 Å². The van der Waals surface area contributed by atoms with Crippen molar-refractivity contribution in [3.05, 3.63) is 45.7 Å². The van der Waals surface area contributed by atoms with Crippen LogP contribution in [0.1, 0.15) is 15.9 Å². The molecule has 98 valence electrons. The number of anilines is 1. The Balaban J connectivity index is 2.21. The lowest BCUT2D eigenvalue weighted by atomic mass is 10.2. The standard InChI is InChI=1S/C12H9Cl2N3O2/c13-8-1-2-10(14)7(3-8)5-19-12-9(4-18)11(15)16-6-17-12/h1-4,6H,5H2,(H2,15,16,17). The third-order valence-corrected chi connectivity index (χ3v) is 2.97. The van der Waals surface area contributed by atoms with Crippen molar-refractivity contribution in [2.45, 2.75) is 6.61 Å².